The van der Waals surface area contributed by atoms with Crippen LogP contribution in [0.5, 0.6) is 5.75 Å². The number of hydrogen-bond donors (Lipinski definition) is 1. The Hall–Kier alpha value is -1.51. The lowest BCUT2D eigenvalue weighted by Crippen LogP contribution is -1.98. The van der Waals surface area contributed by atoms with Crippen LogP contribution in [0.25, 0.3) is 0 Å². The molecule has 0 bridgehead atoms. The average molecular weight is 179 g/mol. The van der Waals surface area contributed by atoms with E-state index in [1.807, 2.05) is 31.2 Å². The predicted molar refractivity (Wildman–Crippen MR) is 51.6 cm³/mol. The average Bonchev–Trinajstić information content (AvgIpc) is 2.17. The SMILES string of the molecule is CCCOc1ccccc1C=NO. The summed E-state index contributed by atoms with van der Waals surface area (Å²) < 4.78 is 5.44. The summed E-state index contributed by atoms with van der Waals surface area (Å²) in [6, 6.07) is 7.45. The van der Waals surface area contributed by atoms with Crippen molar-refractivity contribution >= 4 is 6.21 Å². The van der Waals surface area contributed by atoms with Gasteiger partial charge in [-0.2, -0.15) is 0 Å². The van der Waals surface area contributed by atoms with Crippen molar-refractivity contribution in [2.24, 2.45) is 5.16 Å². The Balaban J connectivity index is 2.78. The number of hydrogen-bond acceptors (Lipinski definition) is 3. The molecule has 1 rings (SSSR count). The van der Waals surface area contributed by atoms with E-state index in [0.29, 0.717) is 6.61 Å². The van der Waals surface area contributed by atoms with Gasteiger partial charge in [0.15, 0.2) is 0 Å². The second kappa shape index (κ2) is 5.19. The van der Waals surface area contributed by atoms with Crippen molar-refractivity contribution in [1.29, 1.82) is 0 Å². The number of benzene rings is 1. The third-order valence-corrected chi connectivity index (χ3v) is 1.58. The van der Waals surface area contributed by atoms with Gasteiger partial charge in [0.2, 0.25) is 0 Å². The Morgan fingerprint density at radius 3 is 2.92 bits per heavy atom. The molecule has 0 spiro atoms. The first-order valence-corrected chi connectivity index (χ1v) is 4.27. The monoisotopic (exact) mass is 179 g/mol. The van der Waals surface area contributed by atoms with E-state index >= 15 is 0 Å². The van der Waals surface area contributed by atoms with Gasteiger partial charge < -0.3 is 9.94 Å². The Bertz CT molecular complexity index is 284. The molecule has 0 saturated carbocycles. The van der Waals surface area contributed by atoms with Crippen LogP contribution in [0.3, 0.4) is 0 Å². The Morgan fingerprint density at radius 1 is 1.46 bits per heavy atom. The summed E-state index contributed by atoms with van der Waals surface area (Å²) >= 11 is 0. The Morgan fingerprint density at radius 2 is 2.23 bits per heavy atom. The summed E-state index contributed by atoms with van der Waals surface area (Å²) in [5.74, 6) is 0.752. The smallest absolute Gasteiger partial charge is 0.128 e. The molecule has 0 fully saturated rings. The van der Waals surface area contributed by atoms with Crippen molar-refractivity contribution in [3.63, 3.8) is 0 Å². The zero-order valence-corrected chi connectivity index (χ0v) is 7.60. The summed E-state index contributed by atoms with van der Waals surface area (Å²) in [5, 5.41) is 11.4. The van der Waals surface area contributed by atoms with Gasteiger partial charge in [0, 0.05) is 5.56 Å². The fraction of sp³-hybridized carbons (Fsp3) is 0.300. The summed E-state index contributed by atoms with van der Waals surface area (Å²) in [7, 11) is 0. The number of nitrogens with zero attached hydrogens (tertiary/aromatic N) is 1. The summed E-state index contributed by atoms with van der Waals surface area (Å²) in [6.07, 6.45) is 2.33. The van der Waals surface area contributed by atoms with Crippen LogP contribution in [0.2, 0.25) is 0 Å². The van der Waals surface area contributed by atoms with Crippen molar-refractivity contribution in [2.45, 2.75) is 13.3 Å². The highest BCUT2D eigenvalue weighted by Crippen LogP contribution is 2.15. The van der Waals surface area contributed by atoms with Crippen molar-refractivity contribution in [3.8, 4) is 5.75 Å². The van der Waals surface area contributed by atoms with E-state index in [2.05, 4.69) is 5.16 Å². The maximum Gasteiger partial charge on any atom is 0.128 e. The lowest BCUT2D eigenvalue weighted by atomic mass is 10.2. The van der Waals surface area contributed by atoms with Crippen LogP contribution >= 0.6 is 0 Å². The summed E-state index contributed by atoms with van der Waals surface area (Å²) in [6.45, 7) is 2.72. The van der Waals surface area contributed by atoms with Crippen LogP contribution in [0.1, 0.15) is 18.9 Å². The molecule has 1 aromatic carbocycles. The topological polar surface area (TPSA) is 41.8 Å². The molecule has 0 aliphatic heterocycles. The maximum atomic E-state index is 8.38. The fourth-order valence-corrected chi connectivity index (χ4v) is 0.993. The van der Waals surface area contributed by atoms with Crippen LogP contribution in [0.4, 0.5) is 0 Å². The molecule has 0 aliphatic rings. The van der Waals surface area contributed by atoms with E-state index in [4.69, 9.17) is 9.94 Å². The highest BCUT2D eigenvalue weighted by Gasteiger charge is 1.98. The molecular formula is C10H13NO2. The lowest BCUT2D eigenvalue weighted by Gasteiger charge is -2.06. The number of rotatable bonds is 4. The Kier molecular flexibility index (Phi) is 3.82. The number of oxime groups is 1. The van der Waals surface area contributed by atoms with E-state index in [0.717, 1.165) is 17.7 Å². The van der Waals surface area contributed by atoms with Crippen LogP contribution in [0, 0.1) is 0 Å². The van der Waals surface area contributed by atoms with Gasteiger partial charge >= 0.3 is 0 Å². The third-order valence-electron chi connectivity index (χ3n) is 1.58. The minimum absolute atomic E-state index is 0.677. The highest BCUT2D eigenvalue weighted by atomic mass is 16.5. The second-order valence-corrected chi connectivity index (χ2v) is 2.63. The summed E-state index contributed by atoms with van der Waals surface area (Å²) in [4.78, 5) is 0. The molecule has 3 heteroatoms. The zero-order chi connectivity index (χ0) is 9.52. The van der Waals surface area contributed by atoms with E-state index in [1.165, 1.54) is 6.21 Å². The normalized spacial score (nSPS) is 10.5. The molecule has 0 unspecified atom stereocenters. The maximum absolute atomic E-state index is 8.38. The first kappa shape index (κ1) is 9.58. The van der Waals surface area contributed by atoms with E-state index in [1.54, 1.807) is 0 Å². The standard InChI is InChI=1S/C10H13NO2/c1-2-7-13-10-6-4-3-5-9(10)8-11-12/h3-6,8,12H,2,7H2,1H3. The molecule has 1 aromatic rings. The minimum Gasteiger partial charge on any atom is -0.493 e. The summed E-state index contributed by atoms with van der Waals surface area (Å²) in [5.41, 5.74) is 0.790. The molecule has 0 atom stereocenters. The Labute approximate surface area is 77.6 Å². The van der Waals surface area contributed by atoms with Gasteiger partial charge in [-0.15, -0.1) is 0 Å². The predicted octanol–water partition coefficient (Wildman–Crippen LogP) is 2.28. The zero-order valence-electron chi connectivity index (χ0n) is 7.60. The van der Waals surface area contributed by atoms with Crippen molar-refractivity contribution < 1.29 is 9.94 Å². The van der Waals surface area contributed by atoms with Gasteiger partial charge in [-0.3, -0.25) is 0 Å². The quantitative estimate of drug-likeness (QED) is 0.437. The molecule has 0 aromatic heterocycles. The van der Waals surface area contributed by atoms with Crippen LogP contribution in [-0.2, 0) is 0 Å². The molecule has 0 radical (unpaired) electrons. The van der Waals surface area contributed by atoms with Gasteiger partial charge in [0.05, 0.1) is 12.8 Å². The molecular weight excluding hydrogens is 166 g/mol. The number of para-hydroxylation sites is 1. The first-order chi connectivity index (χ1) is 6.38. The molecule has 13 heavy (non-hydrogen) atoms. The number of ether oxygens (including phenoxy) is 1. The molecule has 3 nitrogen and oxygen atoms in total. The van der Waals surface area contributed by atoms with Crippen LogP contribution < -0.4 is 4.74 Å². The molecule has 0 amide bonds. The molecule has 0 aliphatic carbocycles. The molecule has 70 valence electrons. The minimum atomic E-state index is 0.677. The first-order valence-electron chi connectivity index (χ1n) is 4.27. The molecule has 0 heterocycles. The molecule has 0 saturated heterocycles. The van der Waals surface area contributed by atoms with Gasteiger partial charge in [0.25, 0.3) is 0 Å². The van der Waals surface area contributed by atoms with E-state index < -0.39 is 0 Å². The van der Waals surface area contributed by atoms with Crippen LogP contribution in [0.15, 0.2) is 29.4 Å². The van der Waals surface area contributed by atoms with Gasteiger partial charge in [-0.25, -0.2) is 0 Å². The van der Waals surface area contributed by atoms with Crippen molar-refractivity contribution in [1.82, 2.24) is 0 Å². The van der Waals surface area contributed by atoms with Gasteiger partial charge in [-0.1, -0.05) is 24.2 Å². The highest BCUT2D eigenvalue weighted by molar-refractivity contribution is 5.82. The van der Waals surface area contributed by atoms with Crippen LogP contribution in [-0.4, -0.2) is 18.0 Å². The van der Waals surface area contributed by atoms with Gasteiger partial charge in [-0.05, 0) is 18.6 Å². The van der Waals surface area contributed by atoms with E-state index in [9.17, 15) is 0 Å². The van der Waals surface area contributed by atoms with Crippen molar-refractivity contribution in [3.05, 3.63) is 29.8 Å². The van der Waals surface area contributed by atoms with Gasteiger partial charge in [0.1, 0.15) is 5.75 Å². The molecule has 1 N–H and O–H groups in total. The fourth-order valence-electron chi connectivity index (χ4n) is 0.993. The van der Waals surface area contributed by atoms with Crippen molar-refractivity contribution in [2.75, 3.05) is 6.61 Å². The largest absolute Gasteiger partial charge is 0.493 e. The third kappa shape index (κ3) is 2.78. The lowest BCUT2D eigenvalue weighted by molar-refractivity contribution is 0.313. The second-order valence-electron chi connectivity index (χ2n) is 2.63. The van der Waals surface area contributed by atoms with E-state index in [-0.39, 0.29) is 0 Å².